The third kappa shape index (κ3) is 9.20. The number of hydrogen-bond donors (Lipinski definition) is 0. The lowest BCUT2D eigenvalue weighted by atomic mass is 9.33. The topological polar surface area (TPSA) is 22.9 Å². The van der Waals surface area contributed by atoms with E-state index < -0.39 is 0 Å². The number of anilines is 9. The van der Waals surface area contributed by atoms with Crippen molar-refractivity contribution in [2.24, 2.45) is 0 Å². The van der Waals surface area contributed by atoms with E-state index in [2.05, 4.69) is 314 Å². The molecule has 0 amide bonds. The third-order valence-corrected chi connectivity index (χ3v) is 18.6. The molecule has 1 aromatic heterocycles. The van der Waals surface area contributed by atoms with Crippen molar-refractivity contribution in [1.29, 1.82) is 0 Å². The van der Waals surface area contributed by atoms with E-state index in [9.17, 15) is 0 Å². The maximum Gasteiger partial charge on any atom is 0.252 e. The summed E-state index contributed by atoms with van der Waals surface area (Å²) < 4.78 is 6.48. The summed E-state index contributed by atoms with van der Waals surface area (Å²) in [6, 6.07) is 72.6. The van der Waals surface area contributed by atoms with Crippen LogP contribution in [-0.4, -0.2) is 6.71 Å². The molecule has 9 aromatic carbocycles. The van der Waals surface area contributed by atoms with Crippen molar-refractivity contribution in [3.8, 4) is 22.5 Å². The third-order valence-electron chi connectivity index (χ3n) is 18.6. The van der Waals surface area contributed by atoms with Gasteiger partial charge in [0.05, 0.1) is 5.69 Å². The van der Waals surface area contributed by atoms with Gasteiger partial charge in [0.2, 0.25) is 0 Å². The van der Waals surface area contributed by atoms with Gasteiger partial charge in [-0.3, -0.25) is 0 Å². The van der Waals surface area contributed by atoms with Crippen LogP contribution in [0.1, 0.15) is 157 Å². The lowest BCUT2D eigenvalue weighted by Crippen LogP contribution is -2.61. The number of hydrogen-bond acceptors (Lipinski definition) is 4. The Balaban J connectivity index is 1.09. The van der Waals surface area contributed by atoms with Crippen LogP contribution in [0.15, 0.2) is 192 Å². The van der Waals surface area contributed by atoms with Crippen LogP contribution in [0.2, 0.25) is 0 Å². The molecule has 0 bridgehead atoms. The smallest absolute Gasteiger partial charge is 0.252 e. The molecular weight excluding hydrogens is 1020 g/mol. The van der Waals surface area contributed by atoms with E-state index in [1.54, 1.807) is 0 Å². The average molecular weight is 1100 g/mol. The summed E-state index contributed by atoms with van der Waals surface area (Å²) in [4.78, 5) is 7.72. The molecule has 0 saturated heterocycles. The van der Waals surface area contributed by atoms with Crippen molar-refractivity contribution in [2.45, 2.75) is 150 Å². The second-order valence-electron chi connectivity index (χ2n) is 30.0. The molecule has 3 heterocycles. The fourth-order valence-electron chi connectivity index (χ4n) is 13.5. The summed E-state index contributed by atoms with van der Waals surface area (Å²) in [6.45, 7) is 39.6. The van der Waals surface area contributed by atoms with E-state index in [1.165, 1.54) is 89.2 Å². The van der Waals surface area contributed by atoms with Crippen molar-refractivity contribution >= 4 is 85.3 Å². The largest absolute Gasteiger partial charge is 0.456 e. The number of fused-ring (bicyclic) bond motifs is 8. The highest BCUT2D eigenvalue weighted by molar-refractivity contribution is 7.00. The molecule has 0 atom stereocenters. The van der Waals surface area contributed by atoms with Gasteiger partial charge in [-0.15, -0.1) is 0 Å². The zero-order chi connectivity index (χ0) is 59.4. The second kappa shape index (κ2) is 19.0. The normalized spacial score (nSPS) is 14.5. The van der Waals surface area contributed by atoms with Gasteiger partial charge in [-0.05, 0) is 185 Å². The van der Waals surface area contributed by atoms with Crippen LogP contribution >= 0.6 is 0 Å². The molecule has 1 aliphatic carbocycles. The predicted molar refractivity (Wildman–Crippen MR) is 361 cm³/mol. The van der Waals surface area contributed by atoms with Crippen molar-refractivity contribution in [2.75, 3.05) is 14.7 Å². The molecule has 0 spiro atoms. The highest BCUT2D eigenvalue weighted by atomic mass is 16.3. The van der Waals surface area contributed by atoms with Crippen LogP contribution in [-0.2, 0) is 32.5 Å². The van der Waals surface area contributed by atoms with Gasteiger partial charge in [-0.1, -0.05) is 215 Å². The molecule has 0 radical (unpaired) electrons. The summed E-state index contributed by atoms with van der Waals surface area (Å²) in [5, 5.41) is 1.11. The molecule has 422 valence electrons. The van der Waals surface area contributed by atoms with Crippen molar-refractivity contribution in [3.05, 3.63) is 227 Å². The van der Waals surface area contributed by atoms with E-state index in [1.807, 2.05) is 6.07 Å². The van der Waals surface area contributed by atoms with Gasteiger partial charge in [0, 0.05) is 61.9 Å². The SMILES string of the molecule is CC(C)(C)c1ccc(N(c2cc3c4c(c2)N(c2ccc(C(C)(C)C)cc2)c2ccc(C(C)(C)C)cc2B4c2cc(C(C)(C)C)ccc2N3c2ccc(C(C)(C)C)cc2)c2ccc3c(c2)C(C)(C)c2cc(-c4cc5ccccc5o4)ccc2-3)cc1. The van der Waals surface area contributed by atoms with E-state index in [0.717, 1.165) is 50.7 Å². The van der Waals surface area contributed by atoms with Crippen LogP contribution < -0.4 is 31.1 Å². The number of benzene rings is 9. The minimum absolute atomic E-state index is 0.00664. The monoisotopic (exact) mass is 1100 g/mol. The Labute approximate surface area is 501 Å². The Morgan fingerprint density at radius 1 is 0.381 bits per heavy atom. The van der Waals surface area contributed by atoms with E-state index in [0.29, 0.717) is 0 Å². The molecule has 2 aliphatic heterocycles. The molecular formula is C79H82BN3O. The Hall–Kier alpha value is -8.02. The molecule has 84 heavy (non-hydrogen) atoms. The molecule has 4 nitrogen and oxygen atoms in total. The first kappa shape index (κ1) is 55.2. The van der Waals surface area contributed by atoms with E-state index in [4.69, 9.17) is 4.42 Å². The van der Waals surface area contributed by atoms with E-state index >= 15 is 0 Å². The second-order valence-corrected chi connectivity index (χ2v) is 30.0. The highest BCUT2D eigenvalue weighted by Crippen LogP contribution is 2.54. The van der Waals surface area contributed by atoms with Crippen LogP contribution in [0, 0.1) is 0 Å². The summed E-state index contributed by atoms with van der Waals surface area (Å²) in [7, 11) is 0. The minimum Gasteiger partial charge on any atom is -0.456 e. The van der Waals surface area contributed by atoms with Gasteiger partial charge < -0.3 is 19.1 Å². The lowest BCUT2D eigenvalue weighted by Gasteiger charge is -2.45. The van der Waals surface area contributed by atoms with Gasteiger partial charge in [0.15, 0.2) is 0 Å². The van der Waals surface area contributed by atoms with Crippen LogP contribution in [0.5, 0.6) is 0 Å². The van der Waals surface area contributed by atoms with Gasteiger partial charge in [0.25, 0.3) is 6.71 Å². The van der Waals surface area contributed by atoms with Crippen molar-refractivity contribution in [1.82, 2.24) is 0 Å². The minimum atomic E-state index is -0.309. The number of furan rings is 1. The zero-order valence-corrected chi connectivity index (χ0v) is 52.7. The van der Waals surface area contributed by atoms with Crippen molar-refractivity contribution in [3.63, 3.8) is 0 Å². The van der Waals surface area contributed by atoms with E-state index in [-0.39, 0.29) is 39.2 Å². The standard InChI is InChI=1S/C79H82BN3O/c1-74(2,3)51-23-31-56(32-24-51)81(59-37-39-62-61-38-22-50(42-63(61)79(16,17)64(62)46-59)72-43-49-20-18-19-21-71(49)84-72)60-47-69-73-70(48-60)83(58-35-27-53(28-36-58)76(7,8)9)68-41-30-55(78(13,14)15)45-66(68)80(73)65-44-54(77(10,11)12)29-40-67(65)82(69)57-33-25-52(26-34-57)75(4,5)6/h18-48H,1-17H3. The fraction of sp³-hybridized carbons (Fsp3) is 0.291. The number of para-hydroxylation sites is 1. The predicted octanol–water partition coefficient (Wildman–Crippen LogP) is 20.4. The molecule has 3 aliphatic rings. The molecule has 0 unspecified atom stereocenters. The maximum absolute atomic E-state index is 6.48. The van der Waals surface area contributed by atoms with Gasteiger partial charge in [-0.2, -0.15) is 0 Å². The fourth-order valence-corrected chi connectivity index (χ4v) is 13.5. The average Bonchev–Trinajstić information content (AvgIpc) is 0.894. The van der Waals surface area contributed by atoms with Gasteiger partial charge in [-0.25, -0.2) is 0 Å². The zero-order valence-electron chi connectivity index (χ0n) is 52.7. The van der Waals surface area contributed by atoms with Crippen LogP contribution in [0.25, 0.3) is 33.4 Å². The lowest BCUT2D eigenvalue weighted by molar-refractivity contribution is 0.590. The Kier molecular flexibility index (Phi) is 12.5. The molecule has 10 aromatic rings. The first-order valence-corrected chi connectivity index (χ1v) is 30.5. The molecule has 0 fully saturated rings. The van der Waals surface area contributed by atoms with Gasteiger partial charge >= 0.3 is 0 Å². The number of nitrogens with zero attached hydrogens (tertiary/aromatic N) is 3. The van der Waals surface area contributed by atoms with Gasteiger partial charge in [0.1, 0.15) is 11.3 Å². The maximum atomic E-state index is 6.48. The highest BCUT2D eigenvalue weighted by Gasteiger charge is 2.45. The van der Waals surface area contributed by atoms with Crippen molar-refractivity contribution < 1.29 is 4.42 Å². The summed E-state index contributed by atoms with van der Waals surface area (Å²) >= 11 is 0. The summed E-state index contributed by atoms with van der Waals surface area (Å²) in [5.74, 6) is 0.892. The molecule has 0 saturated carbocycles. The molecule has 0 N–H and O–H groups in total. The Morgan fingerprint density at radius 2 is 0.810 bits per heavy atom. The summed E-state index contributed by atoms with van der Waals surface area (Å²) in [6.07, 6.45) is 0. The Morgan fingerprint density at radius 3 is 1.29 bits per heavy atom. The first-order chi connectivity index (χ1) is 39.5. The molecule has 5 heteroatoms. The van der Waals surface area contributed by atoms with Crippen LogP contribution in [0.4, 0.5) is 51.2 Å². The number of rotatable bonds is 6. The van der Waals surface area contributed by atoms with Crippen LogP contribution in [0.3, 0.4) is 0 Å². The first-order valence-electron chi connectivity index (χ1n) is 30.5. The summed E-state index contributed by atoms with van der Waals surface area (Å²) in [5.41, 5.74) is 27.6. The Bertz CT molecular complexity index is 4060. The molecule has 13 rings (SSSR count). The quantitative estimate of drug-likeness (QED) is 0.155.